The van der Waals surface area contributed by atoms with E-state index in [1.54, 1.807) is 7.11 Å². The van der Waals surface area contributed by atoms with E-state index in [0.29, 0.717) is 25.9 Å². The lowest BCUT2D eigenvalue weighted by Gasteiger charge is -2.31. The van der Waals surface area contributed by atoms with E-state index in [9.17, 15) is 9.59 Å². The predicted octanol–water partition coefficient (Wildman–Crippen LogP) is 6.21. The number of ketones is 1. The Balaban J connectivity index is 1.25. The maximum absolute atomic E-state index is 13.2. The Morgan fingerprint density at radius 2 is 1.64 bits per heavy atom. The van der Waals surface area contributed by atoms with Crippen molar-refractivity contribution >= 4 is 22.6 Å². The molecule has 36 heavy (non-hydrogen) atoms. The average molecular weight is 481 g/mol. The van der Waals surface area contributed by atoms with Crippen LogP contribution in [0.25, 0.3) is 22.2 Å². The quantitative estimate of drug-likeness (QED) is 0.320. The van der Waals surface area contributed by atoms with Gasteiger partial charge in [0.1, 0.15) is 5.75 Å². The Morgan fingerprint density at radius 3 is 2.33 bits per heavy atom. The van der Waals surface area contributed by atoms with Crippen LogP contribution in [-0.4, -0.2) is 41.8 Å². The Bertz CT molecular complexity index is 1360. The topological polar surface area (TPSA) is 62.4 Å². The molecule has 0 bridgehead atoms. The lowest BCUT2D eigenvalue weighted by atomic mass is 9.88. The van der Waals surface area contributed by atoms with E-state index in [-0.39, 0.29) is 17.6 Å². The summed E-state index contributed by atoms with van der Waals surface area (Å²) in [4.78, 5) is 31.5. The van der Waals surface area contributed by atoms with Crippen LogP contribution in [0.2, 0.25) is 0 Å². The van der Waals surface area contributed by atoms with Gasteiger partial charge >= 0.3 is 0 Å². The van der Waals surface area contributed by atoms with Crippen molar-refractivity contribution < 1.29 is 14.3 Å². The number of rotatable bonds is 7. The number of hydrogen-bond donors (Lipinski definition) is 1. The van der Waals surface area contributed by atoms with Gasteiger partial charge in [-0.2, -0.15) is 0 Å². The maximum Gasteiger partial charge on any atom is 0.222 e. The molecule has 184 valence electrons. The number of ether oxygens (including phenoxy) is 1. The second-order valence-electron chi connectivity index (χ2n) is 9.64. The van der Waals surface area contributed by atoms with Crippen LogP contribution in [0.4, 0.5) is 0 Å². The van der Waals surface area contributed by atoms with Gasteiger partial charge in [-0.15, -0.1) is 0 Å². The Kier molecular flexibility index (Phi) is 6.90. The number of Topliss-reactive ketones (excluding diaryl/α,β-unsaturated/α-hetero) is 1. The third kappa shape index (κ3) is 4.92. The maximum atomic E-state index is 13.2. The molecule has 0 unspecified atom stereocenters. The van der Waals surface area contributed by atoms with E-state index in [1.165, 1.54) is 0 Å². The van der Waals surface area contributed by atoms with Crippen LogP contribution in [0, 0.1) is 12.8 Å². The number of aromatic nitrogens is 1. The van der Waals surface area contributed by atoms with E-state index in [4.69, 9.17) is 4.74 Å². The minimum atomic E-state index is -0.00736. The number of nitrogens with zero attached hydrogens (tertiary/aromatic N) is 1. The zero-order valence-corrected chi connectivity index (χ0v) is 20.9. The smallest absolute Gasteiger partial charge is 0.222 e. The number of amides is 1. The largest absolute Gasteiger partial charge is 0.497 e. The van der Waals surface area contributed by atoms with Crippen molar-refractivity contribution in [2.24, 2.45) is 5.92 Å². The summed E-state index contributed by atoms with van der Waals surface area (Å²) in [6.07, 6.45) is 2.55. The monoisotopic (exact) mass is 480 g/mol. The fraction of sp³-hybridized carbons (Fsp3) is 0.290. The van der Waals surface area contributed by atoms with E-state index in [2.05, 4.69) is 17.1 Å². The van der Waals surface area contributed by atoms with Crippen LogP contribution in [0.15, 0.2) is 72.8 Å². The van der Waals surface area contributed by atoms with Gasteiger partial charge in [0.05, 0.1) is 7.11 Å². The summed E-state index contributed by atoms with van der Waals surface area (Å²) in [5, 5.41) is 1.15. The van der Waals surface area contributed by atoms with Crippen molar-refractivity contribution in [2.75, 3.05) is 20.2 Å². The molecular weight excluding hydrogens is 448 g/mol. The number of aryl methyl sites for hydroxylation is 2. The first-order valence-corrected chi connectivity index (χ1v) is 12.7. The number of likely N-dealkylation sites (tertiary alicyclic amines) is 1. The van der Waals surface area contributed by atoms with E-state index in [0.717, 1.165) is 57.4 Å². The number of carbonyl (C=O) groups is 2. The van der Waals surface area contributed by atoms with Gasteiger partial charge in [0, 0.05) is 47.6 Å². The van der Waals surface area contributed by atoms with Gasteiger partial charge in [-0.05, 0) is 67.6 Å². The van der Waals surface area contributed by atoms with Crippen molar-refractivity contribution in [3.05, 3.63) is 89.5 Å². The van der Waals surface area contributed by atoms with Gasteiger partial charge in [0.2, 0.25) is 5.91 Å². The first kappa shape index (κ1) is 23.9. The van der Waals surface area contributed by atoms with Gasteiger partial charge in [-0.1, -0.05) is 48.0 Å². The number of methoxy groups -OCH3 is 1. The molecular formula is C31H32N2O3. The summed E-state index contributed by atoms with van der Waals surface area (Å²) >= 11 is 0. The first-order chi connectivity index (χ1) is 17.5. The second-order valence-corrected chi connectivity index (χ2v) is 9.64. The molecule has 1 N–H and O–H groups in total. The number of carbonyl (C=O) groups excluding carboxylic acids is 2. The fourth-order valence-electron chi connectivity index (χ4n) is 5.20. The minimum absolute atomic E-state index is 0.00736. The molecule has 5 heteroatoms. The molecule has 1 aromatic heterocycles. The van der Waals surface area contributed by atoms with Crippen LogP contribution in [-0.2, 0) is 11.2 Å². The molecule has 0 spiro atoms. The van der Waals surface area contributed by atoms with Crippen molar-refractivity contribution in [2.45, 2.75) is 32.6 Å². The third-order valence-electron chi connectivity index (χ3n) is 7.34. The molecule has 1 saturated heterocycles. The summed E-state index contributed by atoms with van der Waals surface area (Å²) in [5.41, 5.74) is 6.28. The summed E-state index contributed by atoms with van der Waals surface area (Å²) in [5.74, 6) is 1.16. The first-order valence-electron chi connectivity index (χ1n) is 12.7. The van der Waals surface area contributed by atoms with Crippen LogP contribution < -0.4 is 4.74 Å². The van der Waals surface area contributed by atoms with Crippen molar-refractivity contribution in [3.8, 4) is 17.0 Å². The van der Waals surface area contributed by atoms with Gasteiger partial charge in [0.15, 0.2) is 5.78 Å². The van der Waals surface area contributed by atoms with Crippen molar-refractivity contribution in [3.63, 3.8) is 0 Å². The second kappa shape index (κ2) is 10.4. The number of aromatic amines is 1. The summed E-state index contributed by atoms with van der Waals surface area (Å²) in [6, 6.07) is 24.0. The SMILES string of the molecule is COc1ccc(-c2[nH]c3ccccc3c2CCC(=O)N2CCC(C(=O)c3ccc(C)cc3)CC2)cc1. The molecule has 1 aliphatic rings. The average Bonchev–Trinajstić information content (AvgIpc) is 3.30. The standard InChI is InChI=1S/C31H32N2O3/c1-21-7-9-23(10-8-21)31(35)24-17-19-33(20-18-24)29(34)16-15-27-26-5-3-4-6-28(26)32-30(27)22-11-13-25(36-2)14-12-22/h3-14,24,32H,15-20H2,1-2H3. The minimum Gasteiger partial charge on any atom is -0.497 e. The number of H-pyrrole nitrogens is 1. The third-order valence-corrected chi connectivity index (χ3v) is 7.34. The molecule has 0 radical (unpaired) electrons. The Hall–Kier alpha value is -3.86. The van der Waals surface area contributed by atoms with Crippen LogP contribution in [0.5, 0.6) is 5.75 Å². The molecule has 0 aliphatic carbocycles. The highest BCUT2D eigenvalue weighted by molar-refractivity contribution is 5.98. The highest BCUT2D eigenvalue weighted by atomic mass is 16.5. The number of hydrogen-bond acceptors (Lipinski definition) is 3. The van der Waals surface area contributed by atoms with E-state index in [1.807, 2.05) is 72.5 Å². The zero-order valence-electron chi connectivity index (χ0n) is 20.9. The molecule has 1 fully saturated rings. The normalized spacial score (nSPS) is 14.2. The number of benzene rings is 3. The van der Waals surface area contributed by atoms with Crippen molar-refractivity contribution in [1.29, 1.82) is 0 Å². The van der Waals surface area contributed by atoms with Crippen LogP contribution in [0.1, 0.15) is 40.7 Å². The van der Waals surface area contributed by atoms with E-state index >= 15 is 0 Å². The fourth-order valence-corrected chi connectivity index (χ4v) is 5.20. The number of piperidine rings is 1. The Labute approximate surface area is 212 Å². The molecule has 4 aromatic rings. The van der Waals surface area contributed by atoms with Gasteiger partial charge in [0.25, 0.3) is 0 Å². The number of fused-ring (bicyclic) bond motifs is 1. The lowest BCUT2D eigenvalue weighted by Crippen LogP contribution is -2.40. The van der Waals surface area contributed by atoms with Crippen LogP contribution >= 0.6 is 0 Å². The number of nitrogens with one attached hydrogen (secondary N) is 1. The molecule has 5 rings (SSSR count). The van der Waals surface area contributed by atoms with Gasteiger partial charge in [-0.25, -0.2) is 0 Å². The van der Waals surface area contributed by atoms with Crippen LogP contribution in [0.3, 0.4) is 0 Å². The zero-order chi connectivity index (χ0) is 25.1. The summed E-state index contributed by atoms with van der Waals surface area (Å²) in [7, 11) is 1.66. The lowest BCUT2D eigenvalue weighted by molar-refractivity contribution is -0.132. The highest BCUT2D eigenvalue weighted by Crippen LogP contribution is 2.32. The predicted molar refractivity (Wildman–Crippen MR) is 143 cm³/mol. The Morgan fingerprint density at radius 1 is 0.944 bits per heavy atom. The summed E-state index contributed by atoms with van der Waals surface area (Å²) < 4.78 is 5.31. The number of para-hydroxylation sites is 1. The molecule has 1 aliphatic heterocycles. The molecule has 0 saturated carbocycles. The molecule has 1 amide bonds. The van der Waals surface area contributed by atoms with E-state index < -0.39 is 0 Å². The molecule has 5 nitrogen and oxygen atoms in total. The summed E-state index contributed by atoms with van der Waals surface area (Å²) in [6.45, 7) is 3.30. The molecule has 3 aromatic carbocycles. The molecule has 0 atom stereocenters. The highest BCUT2D eigenvalue weighted by Gasteiger charge is 2.28. The molecule has 2 heterocycles. The van der Waals surface area contributed by atoms with Crippen molar-refractivity contribution in [1.82, 2.24) is 9.88 Å². The van der Waals surface area contributed by atoms with Gasteiger partial charge in [-0.3, -0.25) is 9.59 Å². The van der Waals surface area contributed by atoms with Gasteiger partial charge < -0.3 is 14.6 Å².